The molecule has 0 spiro atoms. The first-order chi connectivity index (χ1) is 9.24. The topological polar surface area (TPSA) is 24.9 Å². The SMILES string of the molecule is CCCNCC(C)C(C)c1cccc2ncccc12. The highest BCUT2D eigenvalue weighted by molar-refractivity contribution is 5.82. The number of nitrogens with one attached hydrogen (secondary N) is 1. The average Bonchev–Trinajstić information content (AvgIpc) is 2.46. The quantitative estimate of drug-likeness (QED) is 0.791. The van der Waals surface area contributed by atoms with Crippen molar-refractivity contribution < 1.29 is 0 Å². The molecule has 2 atom stereocenters. The molecule has 2 rings (SSSR count). The minimum Gasteiger partial charge on any atom is -0.316 e. The number of rotatable bonds is 6. The van der Waals surface area contributed by atoms with Crippen molar-refractivity contribution in [3.05, 3.63) is 42.1 Å². The molecule has 1 aromatic heterocycles. The fourth-order valence-corrected chi connectivity index (χ4v) is 2.51. The average molecular weight is 256 g/mol. The van der Waals surface area contributed by atoms with E-state index in [1.165, 1.54) is 17.4 Å². The van der Waals surface area contributed by atoms with Gasteiger partial charge in [-0.1, -0.05) is 39.0 Å². The van der Waals surface area contributed by atoms with Gasteiger partial charge in [-0.25, -0.2) is 0 Å². The second-order valence-electron chi connectivity index (χ2n) is 5.39. The van der Waals surface area contributed by atoms with Gasteiger partial charge in [-0.3, -0.25) is 4.98 Å². The van der Waals surface area contributed by atoms with Crippen LogP contribution in [0, 0.1) is 5.92 Å². The zero-order valence-electron chi connectivity index (χ0n) is 12.2. The van der Waals surface area contributed by atoms with Gasteiger partial charge in [0.2, 0.25) is 0 Å². The van der Waals surface area contributed by atoms with Gasteiger partial charge in [-0.2, -0.15) is 0 Å². The lowest BCUT2D eigenvalue weighted by atomic mass is 9.86. The van der Waals surface area contributed by atoms with Crippen molar-refractivity contribution in [2.24, 2.45) is 5.92 Å². The normalized spacial score (nSPS) is 14.5. The Hall–Kier alpha value is -1.41. The summed E-state index contributed by atoms with van der Waals surface area (Å²) < 4.78 is 0. The van der Waals surface area contributed by atoms with Crippen LogP contribution >= 0.6 is 0 Å². The van der Waals surface area contributed by atoms with E-state index in [0.29, 0.717) is 11.8 Å². The Balaban J connectivity index is 2.18. The molecule has 102 valence electrons. The highest BCUT2D eigenvalue weighted by Gasteiger charge is 2.16. The van der Waals surface area contributed by atoms with Gasteiger partial charge >= 0.3 is 0 Å². The van der Waals surface area contributed by atoms with E-state index >= 15 is 0 Å². The Kier molecular flexibility index (Phi) is 4.92. The molecular weight excluding hydrogens is 232 g/mol. The van der Waals surface area contributed by atoms with Crippen LogP contribution in [0.15, 0.2) is 36.5 Å². The zero-order valence-corrected chi connectivity index (χ0v) is 12.2. The number of nitrogens with zero attached hydrogens (tertiary/aromatic N) is 1. The number of hydrogen-bond donors (Lipinski definition) is 1. The molecule has 2 heteroatoms. The summed E-state index contributed by atoms with van der Waals surface area (Å²) in [5, 5.41) is 4.81. The Bertz CT molecular complexity index is 516. The first kappa shape index (κ1) is 14.0. The smallest absolute Gasteiger partial charge is 0.0704 e. The second-order valence-corrected chi connectivity index (χ2v) is 5.39. The van der Waals surface area contributed by atoms with Crippen LogP contribution in [0.2, 0.25) is 0 Å². The summed E-state index contributed by atoms with van der Waals surface area (Å²) in [5.74, 6) is 1.16. The molecular formula is C17H24N2. The van der Waals surface area contributed by atoms with Crippen molar-refractivity contribution in [1.29, 1.82) is 0 Å². The van der Waals surface area contributed by atoms with E-state index in [-0.39, 0.29) is 0 Å². The third-order valence-corrected chi connectivity index (χ3v) is 3.92. The largest absolute Gasteiger partial charge is 0.316 e. The van der Waals surface area contributed by atoms with Gasteiger partial charge in [-0.05, 0) is 49.0 Å². The van der Waals surface area contributed by atoms with E-state index in [2.05, 4.69) is 55.3 Å². The van der Waals surface area contributed by atoms with E-state index in [9.17, 15) is 0 Å². The van der Waals surface area contributed by atoms with Gasteiger partial charge in [0.25, 0.3) is 0 Å². The number of benzene rings is 1. The highest BCUT2D eigenvalue weighted by atomic mass is 14.8. The van der Waals surface area contributed by atoms with Crippen LogP contribution in [0.3, 0.4) is 0 Å². The fourth-order valence-electron chi connectivity index (χ4n) is 2.51. The predicted molar refractivity (Wildman–Crippen MR) is 82.5 cm³/mol. The molecule has 2 aromatic rings. The molecule has 0 amide bonds. The van der Waals surface area contributed by atoms with Crippen LogP contribution in [0.25, 0.3) is 10.9 Å². The lowest BCUT2D eigenvalue weighted by molar-refractivity contribution is 0.450. The van der Waals surface area contributed by atoms with Crippen molar-refractivity contribution in [3.63, 3.8) is 0 Å². The highest BCUT2D eigenvalue weighted by Crippen LogP contribution is 2.29. The standard InChI is InChI=1S/C17H24N2/c1-4-10-18-12-13(2)14(3)15-7-5-9-17-16(15)8-6-11-19-17/h5-9,11,13-14,18H,4,10,12H2,1-3H3. The van der Waals surface area contributed by atoms with Gasteiger partial charge < -0.3 is 5.32 Å². The minimum atomic E-state index is 0.539. The molecule has 0 bridgehead atoms. The van der Waals surface area contributed by atoms with E-state index in [1.54, 1.807) is 0 Å². The molecule has 0 radical (unpaired) electrons. The zero-order chi connectivity index (χ0) is 13.7. The van der Waals surface area contributed by atoms with Gasteiger partial charge in [0, 0.05) is 11.6 Å². The molecule has 0 fully saturated rings. The van der Waals surface area contributed by atoms with E-state index in [4.69, 9.17) is 0 Å². The molecule has 0 aliphatic carbocycles. The number of aromatic nitrogens is 1. The van der Waals surface area contributed by atoms with Crippen LogP contribution < -0.4 is 5.32 Å². The van der Waals surface area contributed by atoms with Gasteiger partial charge in [-0.15, -0.1) is 0 Å². The second kappa shape index (κ2) is 6.67. The Morgan fingerprint density at radius 3 is 2.79 bits per heavy atom. The maximum Gasteiger partial charge on any atom is 0.0704 e. The number of pyridine rings is 1. The van der Waals surface area contributed by atoms with Crippen molar-refractivity contribution in [3.8, 4) is 0 Å². The lowest BCUT2D eigenvalue weighted by Crippen LogP contribution is -2.25. The van der Waals surface area contributed by atoms with Crippen LogP contribution in [-0.4, -0.2) is 18.1 Å². The van der Waals surface area contributed by atoms with E-state index in [1.807, 2.05) is 12.3 Å². The number of hydrogen-bond acceptors (Lipinski definition) is 2. The van der Waals surface area contributed by atoms with Crippen LogP contribution in [0.1, 0.15) is 38.7 Å². The summed E-state index contributed by atoms with van der Waals surface area (Å²) in [6.45, 7) is 9.03. The van der Waals surface area contributed by atoms with Crippen LogP contribution in [0.5, 0.6) is 0 Å². The third-order valence-electron chi connectivity index (χ3n) is 3.92. The number of fused-ring (bicyclic) bond motifs is 1. The molecule has 1 aromatic carbocycles. The first-order valence-corrected chi connectivity index (χ1v) is 7.28. The van der Waals surface area contributed by atoms with E-state index < -0.39 is 0 Å². The van der Waals surface area contributed by atoms with Crippen LogP contribution in [-0.2, 0) is 0 Å². The summed E-state index contributed by atoms with van der Waals surface area (Å²) in [6.07, 6.45) is 3.06. The molecule has 1 heterocycles. The Morgan fingerprint density at radius 2 is 2.00 bits per heavy atom. The maximum absolute atomic E-state index is 4.44. The van der Waals surface area contributed by atoms with Crippen molar-refractivity contribution in [2.75, 3.05) is 13.1 Å². The van der Waals surface area contributed by atoms with Crippen LogP contribution in [0.4, 0.5) is 0 Å². The fraction of sp³-hybridized carbons (Fsp3) is 0.471. The third kappa shape index (κ3) is 3.32. The van der Waals surface area contributed by atoms with E-state index in [0.717, 1.165) is 18.6 Å². The molecule has 2 unspecified atom stereocenters. The predicted octanol–water partition coefficient (Wildman–Crippen LogP) is 3.97. The first-order valence-electron chi connectivity index (χ1n) is 7.28. The molecule has 0 aliphatic rings. The summed E-state index contributed by atoms with van der Waals surface area (Å²) in [6, 6.07) is 10.7. The summed E-state index contributed by atoms with van der Waals surface area (Å²) in [4.78, 5) is 4.44. The molecule has 19 heavy (non-hydrogen) atoms. The summed E-state index contributed by atoms with van der Waals surface area (Å²) in [5.41, 5.74) is 2.51. The minimum absolute atomic E-state index is 0.539. The molecule has 0 aliphatic heterocycles. The van der Waals surface area contributed by atoms with Crippen molar-refractivity contribution in [2.45, 2.75) is 33.1 Å². The Morgan fingerprint density at radius 1 is 1.16 bits per heavy atom. The van der Waals surface area contributed by atoms with Gasteiger partial charge in [0.15, 0.2) is 0 Å². The Labute approximate surface area is 116 Å². The molecule has 2 nitrogen and oxygen atoms in total. The van der Waals surface area contributed by atoms with Gasteiger partial charge in [0.05, 0.1) is 5.52 Å². The molecule has 1 N–H and O–H groups in total. The summed E-state index contributed by atoms with van der Waals surface area (Å²) in [7, 11) is 0. The summed E-state index contributed by atoms with van der Waals surface area (Å²) >= 11 is 0. The molecule has 0 saturated heterocycles. The monoisotopic (exact) mass is 256 g/mol. The van der Waals surface area contributed by atoms with Gasteiger partial charge in [0.1, 0.15) is 0 Å². The maximum atomic E-state index is 4.44. The lowest BCUT2D eigenvalue weighted by Gasteiger charge is -2.22. The van der Waals surface area contributed by atoms with Crippen molar-refractivity contribution >= 4 is 10.9 Å². The van der Waals surface area contributed by atoms with Crippen molar-refractivity contribution in [1.82, 2.24) is 10.3 Å². The molecule has 0 saturated carbocycles.